The van der Waals surface area contributed by atoms with Crippen LogP contribution in [-0.2, 0) is 17.4 Å². The molecule has 0 amide bonds. The molecule has 1 heterocycles. The normalized spacial score (nSPS) is 11.7. The van der Waals surface area contributed by atoms with E-state index in [1.807, 2.05) is 0 Å². The van der Waals surface area contributed by atoms with Crippen molar-refractivity contribution in [2.45, 2.75) is 19.0 Å². The highest BCUT2D eigenvalue weighted by Gasteiger charge is 2.40. The Balaban J connectivity index is 3.49. The molecule has 1 N–H and O–H groups in total. The lowest BCUT2D eigenvalue weighted by Gasteiger charge is -2.16. The minimum absolute atomic E-state index is 0.421. The lowest BCUT2D eigenvalue weighted by Crippen LogP contribution is -2.15. The van der Waals surface area contributed by atoms with E-state index in [4.69, 9.17) is 5.11 Å². The summed E-state index contributed by atoms with van der Waals surface area (Å²) in [7, 11) is 0.831. The summed E-state index contributed by atoms with van der Waals surface area (Å²) in [5.41, 5.74) is -3.48. The second-order valence-corrected chi connectivity index (χ2v) is 3.46. The molecule has 0 aromatic carbocycles. The second-order valence-electron chi connectivity index (χ2n) is 3.46. The molecule has 0 spiro atoms. The lowest BCUT2D eigenvalue weighted by atomic mass is 10.1. The number of pyridine rings is 1. The van der Waals surface area contributed by atoms with Crippen molar-refractivity contribution in [3.8, 4) is 5.88 Å². The maximum atomic E-state index is 12.7. The van der Waals surface area contributed by atoms with Gasteiger partial charge in [0.15, 0.2) is 0 Å². The minimum atomic E-state index is -5.08. The Morgan fingerprint density at radius 2 is 2.05 bits per heavy atom. The van der Waals surface area contributed by atoms with Crippen LogP contribution in [0.1, 0.15) is 23.2 Å². The molecule has 0 bridgehead atoms. The van der Waals surface area contributed by atoms with E-state index in [2.05, 4.69) is 9.72 Å². The SMILES string of the molecule is COc1nc(CC(=O)O)cc(C(F)F)c1C(F)(F)F. The molecule has 0 aliphatic rings. The minimum Gasteiger partial charge on any atom is -0.481 e. The third kappa shape index (κ3) is 3.52. The van der Waals surface area contributed by atoms with Crippen molar-refractivity contribution >= 4 is 5.97 Å². The maximum absolute atomic E-state index is 12.7. The van der Waals surface area contributed by atoms with Crippen LogP contribution in [0.4, 0.5) is 22.0 Å². The fourth-order valence-corrected chi connectivity index (χ4v) is 1.44. The summed E-state index contributed by atoms with van der Waals surface area (Å²) in [5, 5.41) is 8.50. The van der Waals surface area contributed by atoms with Crippen LogP contribution in [0, 0.1) is 0 Å². The zero-order valence-corrected chi connectivity index (χ0v) is 9.46. The fraction of sp³-hybridized carbons (Fsp3) is 0.400. The van der Waals surface area contributed by atoms with Crippen molar-refractivity contribution in [2.24, 2.45) is 0 Å². The van der Waals surface area contributed by atoms with Gasteiger partial charge in [-0.05, 0) is 6.07 Å². The molecule has 0 saturated heterocycles. The molecule has 0 aliphatic heterocycles. The first-order chi connectivity index (χ1) is 8.66. The predicted octanol–water partition coefficient (Wildman–Crippen LogP) is 2.67. The lowest BCUT2D eigenvalue weighted by molar-refractivity contribution is -0.141. The highest BCUT2D eigenvalue weighted by molar-refractivity contribution is 5.69. The number of hydrogen-bond acceptors (Lipinski definition) is 3. The standard InChI is InChI=1S/C10H8F5NO3/c1-19-9-7(10(13,14)15)5(8(11)12)2-4(16-9)3-6(17)18/h2,8H,3H2,1H3,(H,17,18). The van der Waals surface area contributed by atoms with Gasteiger partial charge in [-0.2, -0.15) is 13.2 Å². The highest BCUT2D eigenvalue weighted by Crippen LogP contribution is 2.41. The molecule has 9 heteroatoms. The van der Waals surface area contributed by atoms with Crippen molar-refractivity contribution < 1.29 is 36.6 Å². The molecule has 1 aromatic heterocycles. The van der Waals surface area contributed by atoms with Crippen LogP contribution in [-0.4, -0.2) is 23.2 Å². The number of rotatable bonds is 4. The van der Waals surface area contributed by atoms with Gasteiger partial charge in [0.1, 0.15) is 5.56 Å². The van der Waals surface area contributed by atoms with Gasteiger partial charge in [-0.1, -0.05) is 0 Å². The number of methoxy groups -OCH3 is 1. The van der Waals surface area contributed by atoms with E-state index in [9.17, 15) is 26.7 Å². The van der Waals surface area contributed by atoms with Gasteiger partial charge in [0, 0.05) is 5.56 Å². The van der Waals surface area contributed by atoms with E-state index in [0.717, 1.165) is 7.11 Å². The number of alkyl halides is 5. The number of carboxylic acid groups (broad SMARTS) is 1. The Morgan fingerprint density at radius 1 is 1.47 bits per heavy atom. The van der Waals surface area contributed by atoms with Crippen LogP contribution in [0.2, 0.25) is 0 Å². The van der Waals surface area contributed by atoms with Crippen molar-refractivity contribution in [2.75, 3.05) is 7.11 Å². The van der Waals surface area contributed by atoms with Crippen molar-refractivity contribution in [3.05, 3.63) is 22.9 Å². The first-order valence-corrected chi connectivity index (χ1v) is 4.81. The number of halogens is 5. The van der Waals surface area contributed by atoms with Gasteiger partial charge in [0.05, 0.1) is 19.2 Å². The summed E-state index contributed by atoms with van der Waals surface area (Å²) < 4.78 is 67.7. The van der Waals surface area contributed by atoms with Gasteiger partial charge in [-0.25, -0.2) is 13.8 Å². The van der Waals surface area contributed by atoms with Gasteiger partial charge >= 0.3 is 12.1 Å². The Kier molecular flexibility index (Phi) is 4.28. The molecule has 1 rings (SSSR count). The number of carbonyl (C=O) groups is 1. The Morgan fingerprint density at radius 3 is 2.42 bits per heavy atom. The predicted molar refractivity (Wildman–Crippen MR) is 52.1 cm³/mol. The molecule has 0 radical (unpaired) electrons. The van der Waals surface area contributed by atoms with Gasteiger partial charge in [-0.15, -0.1) is 0 Å². The van der Waals surface area contributed by atoms with Crippen molar-refractivity contribution in [3.63, 3.8) is 0 Å². The second kappa shape index (κ2) is 5.37. The molecule has 0 fully saturated rings. The number of nitrogens with zero attached hydrogens (tertiary/aromatic N) is 1. The van der Waals surface area contributed by atoms with Crippen LogP contribution in [0.15, 0.2) is 6.07 Å². The smallest absolute Gasteiger partial charge is 0.422 e. The summed E-state index contributed by atoms with van der Waals surface area (Å²) in [6.07, 6.45) is -9.29. The molecule has 0 atom stereocenters. The molecule has 0 unspecified atom stereocenters. The van der Waals surface area contributed by atoms with E-state index in [0.29, 0.717) is 6.07 Å². The summed E-state index contributed by atoms with van der Waals surface area (Å²) in [4.78, 5) is 13.7. The first-order valence-electron chi connectivity index (χ1n) is 4.81. The van der Waals surface area contributed by atoms with Crippen molar-refractivity contribution in [1.29, 1.82) is 0 Å². The average molecular weight is 285 g/mol. The van der Waals surface area contributed by atoms with Crippen LogP contribution in [0.5, 0.6) is 5.88 Å². The Bertz CT molecular complexity index is 487. The molecule has 106 valence electrons. The average Bonchev–Trinajstić information content (AvgIpc) is 2.25. The third-order valence-corrected chi connectivity index (χ3v) is 2.11. The molecule has 4 nitrogen and oxygen atoms in total. The van der Waals surface area contributed by atoms with Crippen LogP contribution < -0.4 is 4.74 Å². The Hall–Kier alpha value is -1.93. The number of ether oxygens (including phenoxy) is 1. The van der Waals surface area contributed by atoms with Gasteiger partial charge in [0.25, 0.3) is 6.43 Å². The maximum Gasteiger partial charge on any atom is 0.422 e. The fourth-order valence-electron chi connectivity index (χ4n) is 1.44. The van der Waals surface area contributed by atoms with Crippen LogP contribution in [0.25, 0.3) is 0 Å². The third-order valence-electron chi connectivity index (χ3n) is 2.11. The van der Waals surface area contributed by atoms with E-state index in [1.165, 1.54) is 0 Å². The van der Waals surface area contributed by atoms with Gasteiger partial charge < -0.3 is 9.84 Å². The van der Waals surface area contributed by atoms with Crippen LogP contribution in [0.3, 0.4) is 0 Å². The first kappa shape index (κ1) is 15.1. The molecule has 0 aliphatic carbocycles. The topological polar surface area (TPSA) is 59.4 Å². The number of hydrogen-bond donors (Lipinski definition) is 1. The van der Waals surface area contributed by atoms with Gasteiger partial charge in [-0.3, -0.25) is 4.79 Å². The number of aromatic nitrogens is 1. The number of carboxylic acids is 1. The molecule has 1 aromatic rings. The van der Waals surface area contributed by atoms with Crippen molar-refractivity contribution in [1.82, 2.24) is 4.98 Å². The summed E-state index contributed by atoms with van der Waals surface area (Å²) in [5.74, 6) is -2.48. The molecule has 19 heavy (non-hydrogen) atoms. The van der Waals surface area contributed by atoms with Crippen LogP contribution >= 0.6 is 0 Å². The van der Waals surface area contributed by atoms with E-state index in [-0.39, 0.29) is 0 Å². The zero-order chi connectivity index (χ0) is 14.8. The van der Waals surface area contributed by atoms with E-state index < -0.39 is 47.7 Å². The Labute approximate surface area is 103 Å². The molecular weight excluding hydrogens is 277 g/mol. The highest BCUT2D eigenvalue weighted by atomic mass is 19.4. The van der Waals surface area contributed by atoms with Gasteiger partial charge in [0.2, 0.25) is 5.88 Å². The quantitative estimate of drug-likeness (QED) is 0.864. The van der Waals surface area contributed by atoms with E-state index >= 15 is 0 Å². The summed E-state index contributed by atoms with van der Waals surface area (Å²) in [6.45, 7) is 0. The molecule has 0 saturated carbocycles. The summed E-state index contributed by atoms with van der Waals surface area (Å²) >= 11 is 0. The number of aliphatic carboxylic acids is 1. The molecular formula is C10H8F5NO3. The monoisotopic (exact) mass is 285 g/mol. The summed E-state index contributed by atoms with van der Waals surface area (Å²) in [6, 6.07) is 0.421. The zero-order valence-electron chi connectivity index (χ0n) is 9.46. The van der Waals surface area contributed by atoms with E-state index in [1.54, 1.807) is 0 Å². The largest absolute Gasteiger partial charge is 0.481 e.